The Hall–Kier alpha value is -1.91. The van der Waals surface area contributed by atoms with E-state index in [9.17, 15) is 9.59 Å². The number of aromatic carboxylic acids is 1. The number of nitrogens with zero attached hydrogens (tertiary/aromatic N) is 2. The molecule has 5 nitrogen and oxygen atoms in total. The lowest BCUT2D eigenvalue weighted by Gasteiger charge is -2.27. The monoisotopic (exact) mass is 288 g/mol. The summed E-state index contributed by atoms with van der Waals surface area (Å²) in [7, 11) is 1.74. The van der Waals surface area contributed by atoms with Crippen molar-refractivity contribution >= 4 is 11.9 Å². The minimum Gasteiger partial charge on any atom is -0.478 e. The maximum Gasteiger partial charge on any atom is 0.338 e. The van der Waals surface area contributed by atoms with E-state index in [-0.39, 0.29) is 17.2 Å². The molecule has 2 fully saturated rings. The third kappa shape index (κ3) is 2.64. The predicted molar refractivity (Wildman–Crippen MR) is 77.1 cm³/mol. The lowest BCUT2D eigenvalue weighted by molar-refractivity contribution is 0.0672. The fourth-order valence-corrected chi connectivity index (χ4v) is 3.96. The molecular formula is C16H20N2O3. The molecule has 5 heteroatoms. The minimum atomic E-state index is -1.11. The van der Waals surface area contributed by atoms with Crippen LogP contribution in [0.2, 0.25) is 0 Å². The van der Waals surface area contributed by atoms with E-state index >= 15 is 0 Å². The van der Waals surface area contributed by atoms with Crippen LogP contribution in [0.25, 0.3) is 0 Å². The number of amides is 1. The first-order chi connectivity index (χ1) is 10.1. The van der Waals surface area contributed by atoms with Crippen molar-refractivity contribution in [3.05, 3.63) is 29.6 Å². The van der Waals surface area contributed by atoms with Crippen LogP contribution < -0.4 is 0 Å². The van der Waals surface area contributed by atoms with Crippen LogP contribution in [-0.4, -0.2) is 40.5 Å². The first kappa shape index (κ1) is 14.0. The molecule has 2 saturated carbocycles. The Morgan fingerprint density at radius 2 is 2.19 bits per heavy atom. The molecule has 112 valence electrons. The number of carboxylic acids is 1. The molecule has 0 saturated heterocycles. The quantitative estimate of drug-likeness (QED) is 0.922. The van der Waals surface area contributed by atoms with Crippen molar-refractivity contribution in [3.63, 3.8) is 0 Å². The lowest BCUT2D eigenvalue weighted by atomic mass is 9.88. The van der Waals surface area contributed by atoms with Gasteiger partial charge in [0.1, 0.15) is 5.69 Å². The van der Waals surface area contributed by atoms with E-state index in [0.29, 0.717) is 12.5 Å². The van der Waals surface area contributed by atoms with Crippen LogP contribution in [0.1, 0.15) is 46.5 Å². The van der Waals surface area contributed by atoms with E-state index in [2.05, 4.69) is 4.98 Å². The summed E-state index contributed by atoms with van der Waals surface area (Å²) in [6.07, 6.45) is 6.58. The largest absolute Gasteiger partial charge is 0.478 e. The van der Waals surface area contributed by atoms with Gasteiger partial charge in [-0.25, -0.2) is 4.79 Å². The fourth-order valence-electron chi connectivity index (χ4n) is 3.96. The maximum atomic E-state index is 12.5. The van der Waals surface area contributed by atoms with E-state index < -0.39 is 5.97 Å². The summed E-state index contributed by atoms with van der Waals surface area (Å²) in [6, 6.07) is 2.96. The van der Waals surface area contributed by atoms with Gasteiger partial charge in [-0.15, -0.1) is 0 Å². The van der Waals surface area contributed by atoms with Gasteiger partial charge in [0.2, 0.25) is 0 Å². The molecule has 3 atom stereocenters. The summed E-state index contributed by atoms with van der Waals surface area (Å²) in [5.41, 5.74) is 0.0120. The van der Waals surface area contributed by atoms with Gasteiger partial charge in [0.05, 0.1) is 5.56 Å². The van der Waals surface area contributed by atoms with Crippen LogP contribution in [0.15, 0.2) is 18.3 Å². The molecule has 0 spiro atoms. The van der Waals surface area contributed by atoms with Crippen molar-refractivity contribution in [2.75, 3.05) is 13.6 Å². The first-order valence-corrected chi connectivity index (χ1v) is 7.50. The Balaban J connectivity index is 1.71. The Kier molecular flexibility index (Phi) is 3.66. The Morgan fingerprint density at radius 3 is 2.81 bits per heavy atom. The average molecular weight is 288 g/mol. The van der Waals surface area contributed by atoms with Gasteiger partial charge in [-0.05, 0) is 49.1 Å². The number of pyridine rings is 1. The summed E-state index contributed by atoms with van der Waals surface area (Å²) < 4.78 is 0. The lowest BCUT2D eigenvalue weighted by Crippen LogP contribution is -2.35. The maximum absolute atomic E-state index is 12.5. The normalized spacial score (nSPS) is 26.8. The molecule has 0 aliphatic heterocycles. The second-order valence-corrected chi connectivity index (χ2v) is 6.33. The number of aromatic nitrogens is 1. The van der Waals surface area contributed by atoms with Crippen LogP contribution in [0, 0.1) is 17.8 Å². The zero-order chi connectivity index (χ0) is 15.0. The Bertz CT molecular complexity index is 572. The predicted octanol–water partition coefficient (Wildman–Crippen LogP) is 2.29. The van der Waals surface area contributed by atoms with Crippen molar-refractivity contribution in [3.8, 4) is 0 Å². The molecule has 21 heavy (non-hydrogen) atoms. The Labute approximate surface area is 124 Å². The summed E-state index contributed by atoms with van der Waals surface area (Å²) in [5, 5.41) is 9.16. The molecule has 1 aromatic rings. The van der Waals surface area contributed by atoms with Crippen LogP contribution in [-0.2, 0) is 0 Å². The molecule has 0 radical (unpaired) electrons. The second kappa shape index (κ2) is 5.47. The zero-order valence-electron chi connectivity index (χ0n) is 12.2. The number of rotatable bonds is 4. The van der Waals surface area contributed by atoms with Crippen LogP contribution in [0.5, 0.6) is 0 Å². The molecular weight excluding hydrogens is 268 g/mol. The summed E-state index contributed by atoms with van der Waals surface area (Å²) >= 11 is 0. The molecule has 1 heterocycles. The van der Waals surface area contributed by atoms with Gasteiger partial charge >= 0.3 is 5.97 Å². The third-order valence-electron chi connectivity index (χ3n) is 4.98. The van der Waals surface area contributed by atoms with Crippen molar-refractivity contribution < 1.29 is 14.7 Å². The van der Waals surface area contributed by atoms with Crippen LogP contribution in [0.3, 0.4) is 0 Å². The highest BCUT2D eigenvalue weighted by atomic mass is 16.4. The number of carbonyl (C=O) groups is 2. The zero-order valence-corrected chi connectivity index (χ0v) is 12.2. The summed E-state index contributed by atoms with van der Waals surface area (Å²) in [6.45, 7) is 0.704. The van der Waals surface area contributed by atoms with Gasteiger partial charge in [-0.3, -0.25) is 9.78 Å². The van der Waals surface area contributed by atoms with Gasteiger partial charge in [-0.2, -0.15) is 0 Å². The second-order valence-electron chi connectivity index (χ2n) is 6.33. The smallest absolute Gasteiger partial charge is 0.338 e. The highest BCUT2D eigenvalue weighted by molar-refractivity contribution is 6.03. The number of carbonyl (C=O) groups excluding carboxylic acids is 1. The van der Waals surface area contributed by atoms with Gasteiger partial charge < -0.3 is 10.0 Å². The number of hydrogen-bond acceptors (Lipinski definition) is 3. The van der Waals surface area contributed by atoms with Gasteiger partial charge in [-0.1, -0.05) is 6.42 Å². The summed E-state index contributed by atoms with van der Waals surface area (Å²) in [5.74, 6) is 0.742. The fraction of sp³-hybridized carbons (Fsp3) is 0.562. The standard InChI is InChI=1S/C16H20N2O3/c1-18(9-12-8-10-4-5-11(12)7-10)15(19)14-13(16(20)21)3-2-6-17-14/h2-3,6,10-12H,4-5,7-9H2,1H3,(H,20,21). The highest BCUT2D eigenvalue weighted by Crippen LogP contribution is 2.48. The third-order valence-corrected chi connectivity index (χ3v) is 4.98. The molecule has 2 aliphatic rings. The molecule has 2 bridgehead atoms. The van der Waals surface area contributed by atoms with Gasteiger partial charge in [0.25, 0.3) is 5.91 Å². The van der Waals surface area contributed by atoms with Crippen molar-refractivity contribution in [2.24, 2.45) is 17.8 Å². The number of carboxylic acid groups (broad SMARTS) is 1. The molecule has 3 unspecified atom stereocenters. The molecule has 1 aromatic heterocycles. The average Bonchev–Trinajstić information content (AvgIpc) is 3.09. The van der Waals surface area contributed by atoms with Crippen LogP contribution in [0.4, 0.5) is 0 Å². The molecule has 1 amide bonds. The molecule has 2 aliphatic carbocycles. The highest BCUT2D eigenvalue weighted by Gasteiger charge is 2.40. The first-order valence-electron chi connectivity index (χ1n) is 7.50. The van der Waals surface area contributed by atoms with Crippen molar-refractivity contribution in [1.82, 2.24) is 9.88 Å². The van der Waals surface area contributed by atoms with E-state index in [0.717, 1.165) is 11.8 Å². The SMILES string of the molecule is CN(CC1CC2CCC1C2)C(=O)c1ncccc1C(=O)O. The molecule has 3 rings (SSSR count). The van der Waals surface area contributed by atoms with Gasteiger partial charge in [0.15, 0.2) is 0 Å². The van der Waals surface area contributed by atoms with Crippen molar-refractivity contribution in [1.29, 1.82) is 0 Å². The Morgan fingerprint density at radius 1 is 1.38 bits per heavy atom. The van der Waals surface area contributed by atoms with E-state index in [1.54, 1.807) is 11.9 Å². The van der Waals surface area contributed by atoms with E-state index in [4.69, 9.17) is 5.11 Å². The van der Waals surface area contributed by atoms with E-state index in [1.165, 1.54) is 44.0 Å². The topological polar surface area (TPSA) is 70.5 Å². The van der Waals surface area contributed by atoms with Gasteiger partial charge in [0, 0.05) is 19.8 Å². The number of hydrogen-bond donors (Lipinski definition) is 1. The minimum absolute atomic E-state index is 0.0257. The molecule has 0 aromatic carbocycles. The van der Waals surface area contributed by atoms with Crippen molar-refractivity contribution in [2.45, 2.75) is 25.7 Å². The van der Waals surface area contributed by atoms with Crippen LogP contribution >= 0.6 is 0 Å². The summed E-state index contributed by atoms with van der Waals surface area (Å²) in [4.78, 5) is 29.3. The number of fused-ring (bicyclic) bond motifs is 2. The molecule has 1 N–H and O–H groups in total. The van der Waals surface area contributed by atoms with E-state index in [1.807, 2.05) is 0 Å².